The lowest BCUT2D eigenvalue weighted by Crippen LogP contribution is -2.49. The van der Waals surface area contributed by atoms with Crippen LogP contribution in [0.5, 0.6) is 0 Å². The molecule has 0 aliphatic heterocycles. The van der Waals surface area contributed by atoms with E-state index in [9.17, 15) is 9.59 Å². The summed E-state index contributed by atoms with van der Waals surface area (Å²) in [6.07, 6.45) is -0.126. The van der Waals surface area contributed by atoms with Crippen LogP contribution < -0.4 is 10.6 Å². The van der Waals surface area contributed by atoms with Crippen molar-refractivity contribution >= 4 is 12.0 Å². The number of hydrogen-bond acceptors (Lipinski definition) is 2. The Kier molecular flexibility index (Phi) is 5.13. The molecule has 0 saturated carbocycles. The van der Waals surface area contributed by atoms with E-state index in [1.165, 1.54) is 0 Å². The van der Waals surface area contributed by atoms with Crippen LogP contribution in [0.3, 0.4) is 0 Å². The monoisotopic (exact) mass is 278 g/mol. The first-order chi connectivity index (χ1) is 9.21. The third-order valence-corrected chi connectivity index (χ3v) is 3.05. The minimum Gasteiger partial charge on any atom is -0.481 e. The van der Waals surface area contributed by atoms with Crippen molar-refractivity contribution in [3.8, 4) is 0 Å². The van der Waals surface area contributed by atoms with Gasteiger partial charge in [-0.2, -0.15) is 0 Å². The number of urea groups is 1. The highest BCUT2D eigenvalue weighted by molar-refractivity contribution is 5.77. The highest BCUT2D eigenvalue weighted by atomic mass is 16.4. The van der Waals surface area contributed by atoms with Crippen molar-refractivity contribution in [1.82, 2.24) is 10.6 Å². The molecule has 0 saturated heterocycles. The molecule has 1 aromatic carbocycles. The molecule has 1 atom stereocenters. The average Bonchev–Trinajstić information content (AvgIpc) is 2.25. The Morgan fingerprint density at radius 2 is 1.90 bits per heavy atom. The number of nitrogens with one attached hydrogen (secondary N) is 2. The first-order valence-electron chi connectivity index (χ1n) is 6.57. The van der Waals surface area contributed by atoms with E-state index in [2.05, 4.69) is 10.6 Å². The van der Waals surface area contributed by atoms with E-state index < -0.39 is 11.5 Å². The van der Waals surface area contributed by atoms with E-state index in [-0.39, 0.29) is 18.5 Å². The first-order valence-corrected chi connectivity index (χ1v) is 6.57. The number of benzene rings is 1. The second kappa shape index (κ2) is 6.41. The molecular formula is C15H22N2O3. The molecule has 0 aliphatic carbocycles. The van der Waals surface area contributed by atoms with E-state index in [4.69, 9.17) is 5.11 Å². The fourth-order valence-corrected chi connectivity index (χ4v) is 2.11. The van der Waals surface area contributed by atoms with Crippen molar-refractivity contribution < 1.29 is 14.7 Å². The van der Waals surface area contributed by atoms with Crippen LogP contribution in [0, 0.1) is 6.92 Å². The summed E-state index contributed by atoms with van der Waals surface area (Å²) in [5.74, 6) is -0.942. The summed E-state index contributed by atoms with van der Waals surface area (Å²) in [5.41, 5.74) is 1.35. The molecule has 0 radical (unpaired) electrons. The maximum absolute atomic E-state index is 11.9. The zero-order valence-electron chi connectivity index (χ0n) is 12.4. The van der Waals surface area contributed by atoms with Crippen molar-refractivity contribution in [2.75, 3.05) is 0 Å². The molecule has 1 aromatic rings. The minimum atomic E-state index is -0.942. The quantitative estimate of drug-likeness (QED) is 0.774. The van der Waals surface area contributed by atoms with Gasteiger partial charge in [-0.15, -0.1) is 0 Å². The van der Waals surface area contributed by atoms with Crippen LogP contribution in [0.2, 0.25) is 0 Å². The number of carbonyl (C=O) groups excluding carboxylic acids is 1. The molecule has 0 bridgehead atoms. The van der Waals surface area contributed by atoms with Crippen LogP contribution in [0.1, 0.15) is 44.4 Å². The maximum atomic E-state index is 11.9. The molecule has 20 heavy (non-hydrogen) atoms. The largest absolute Gasteiger partial charge is 0.481 e. The molecule has 110 valence electrons. The van der Waals surface area contributed by atoms with E-state index >= 15 is 0 Å². The van der Waals surface area contributed by atoms with Crippen molar-refractivity contribution in [3.63, 3.8) is 0 Å². The first kappa shape index (κ1) is 16.0. The van der Waals surface area contributed by atoms with Gasteiger partial charge in [-0.05, 0) is 38.8 Å². The summed E-state index contributed by atoms with van der Waals surface area (Å²) in [6.45, 7) is 7.24. The molecule has 0 aliphatic rings. The van der Waals surface area contributed by atoms with Gasteiger partial charge in [0.15, 0.2) is 0 Å². The van der Waals surface area contributed by atoms with Crippen molar-refractivity contribution in [2.24, 2.45) is 0 Å². The molecule has 5 heteroatoms. The van der Waals surface area contributed by atoms with Gasteiger partial charge in [-0.3, -0.25) is 4.79 Å². The smallest absolute Gasteiger partial charge is 0.315 e. The van der Waals surface area contributed by atoms with E-state index in [1.807, 2.05) is 38.1 Å². The molecule has 1 rings (SSSR count). The number of carbonyl (C=O) groups is 2. The molecule has 0 fully saturated rings. The summed E-state index contributed by atoms with van der Waals surface area (Å²) < 4.78 is 0. The number of amides is 2. The number of hydrogen-bond donors (Lipinski definition) is 3. The fraction of sp³-hybridized carbons (Fsp3) is 0.467. The molecular weight excluding hydrogens is 256 g/mol. The Morgan fingerprint density at radius 3 is 2.45 bits per heavy atom. The van der Waals surface area contributed by atoms with E-state index in [0.717, 1.165) is 11.1 Å². The molecule has 0 heterocycles. The normalized spacial score (nSPS) is 12.6. The SMILES string of the molecule is Cc1ccccc1C(C)NC(=O)NC(C)(C)CC(=O)O. The predicted molar refractivity (Wildman–Crippen MR) is 77.6 cm³/mol. The zero-order valence-corrected chi connectivity index (χ0v) is 12.4. The lowest BCUT2D eigenvalue weighted by molar-refractivity contribution is -0.138. The third-order valence-electron chi connectivity index (χ3n) is 3.05. The van der Waals surface area contributed by atoms with Gasteiger partial charge in [0, 0.05) is 5.54 Å². The topological polar surface area (TPSA) is 78.4 Å². The van der Waals surface area contributed by atoms with Crippen molar-refractivity contribution in [3.05, 3.63) is 35.4 Å². The Morgan fingerprint density at radius 1 is 1.30 bits per heavy atom. The van der Waals surface area contributed by atoms with E-state index in [1.54, 1.807) is 13.8 Å². The van der Waals surface area contributed by atoms with E-state index in [0.29, 0.717) is 0 Å². The molecule has 5 nitrogen and oxygen atoms in total. The van der Waals surface area contributed by atoms with Gasteiger partial charge >= 0.3 is 12.0 Å². The Hall–Kier alpha value is -2.04. The van der Waals surface area contributed by atoms with Gasteiger partial charge in [-0.1, -0.05) is 24.3 Å². The van der Waals surface area contributed by atoms with Crippen molar-refractivity contribution in [2.45, 2.75) is 45.7 Å². The number of aliphatic carboxylic acids is 1. The highest BCUT2D eigenvalue weighted by Crippen LogP contribution is 2.16. The Balaban J connectivity index is 2.63. The number of carboxylic acids is 1. The predicted octanol–water partition coefficient (Wildman–Crippen LogP) is 2.61. The second-order valence-electron chi connectivity index (χ2n) is 5.63. The number of aryl methyl sites for hydroxylation is 1. The van der Waals surface area contributed by atoms with Crippen LogP contribution >= 0.6 is 0 Å². The standard InChI is InChI=1S/C15H22N2O3/c1-10-7-5-6-8-12(10)11(2)16-14(20)17-15(3,4)9-13(18)19/h5-8,11H,9H2,1-4H3,(H,18,19)(H2,16,17,20). The van der Waals surface area contributed by atoms with Crippen LogP contribution in [0.4, 0.5) is 4.79 Å². The van der Waals surface area contributed by atoms with Crippen LogP contribution in [0.25, 0.3) is 0 Å². The van der Waals surface area contributed by atoms with Gasteiger partial charge < -0.3 is 15.7 Å². The van der Waals surface area contributed by atoms with Gasteiger partial charge in [0.05, 0.1) is 12.5 Å². The summed E-state index contributed by atoms with van der Waals surface area (Å²) in [4.78, 5) is 22.6. The Bertz CT molecular complexity index is 498. The molecule has 0 aromatic heterocycles. The second-order valence-corrected chi connectivity index (χ2v) is 5.63. The Labute approximate surface area is 119 Å². The lowest BCUT2D eigenvalue weighted by atomic mass is 10.0. The average molecular weight is 278 g/mol. The van der Waals surface area contributed by atoms with Gasteiger partial charge in [0.1, 0.15) is 0 Å². The minimum absolute atomic E-state index is 0.126. The zero-order chi connectivity index (χ0) is 15.3. The third kappa shape index (κ3) is 4.91. The number of carboxylic acid groups (broad SMARTS) is 1. The van der Waals surface area contributed by atoms with Crippen LogP contribution in [0.15, 0.2) is 24.3 Å². The molecule has 3 N–H and O–H groups in total. The summed E-state index contributed by atoms with van der Waals surface area (Å²) >= 11 is 0. The maximum Gasteiger partial charge on any atom is 0.315 e. The fourth-order valence-electron chi connectivity index (χ4n) is 2.11. The number of rotatable bonds is 5. The summed E-state index contributed by atoms with van der Waals surface area (Å²) in [5, 5.41) is 14.3. The van der Waals surface area contributed by atoms with Crippen LogP contribution in [-0.4, -0.2) is 22.6 Å². The highest BCUT2D eigenvalue weighted by Gasteiger charge is 2.24. The molecule has 0 spiro atoms. The van der Waals surface area contributed by atoms with Crippen LogP contribution in [-0.2, 0) is 4.79 Å². The summed E-state index contributed by atoms with van der Waals surface area (Å²) in [7, 11) is 0. The van der Waals surface area contributed by atoms with Crippen molar-refractivity contribution in [1.29, 1.82) is 0 Å². The summed E-state index contributed by atoms with van der Waals surface area (Å²) in [6, 6.07) is 7.31. The lowest BCUT2D eigenvalue weighted by Gasteiger charge is -2.26. The van der Waals surface area contributed by atoms with Gasteiger partial charge in [-0.25, -0.2) is 4.79 Å². The van der Waals surface area contributed by atoms with Gasteiger partial charge in [0.25, 0.3) is 0 Å². The molecule has 1 unspecified atom stereocenters. The molecule has 2 amide bonds. The van der Waals surface area contributed by atoms with Gasteiger partial charge in [0.2, 0.25) is 0 Å².